The summed E-state index contributed by atoms with van der Waals surface area (Å²) in [6.07, 6.45) is -4.39. The second-order valence-electron chi connectivity index (χ2n) is 4.71. The standard InChI is InChI=1S/C16H12F3N/c1-11-6-2-4-8-13(11)20-14-9-5-3-7-12(14)10-15(20)16(17,18)19/h2-10H,1H3. The van der Waals surface area contributed by atoms with Gasteiger partial charge in [0, 0.05) is 11.1 Å². The average Bonchev–Trinajstić information content (AvgIpc) is 2.79. The molecule has 4 heteroatoms. The zero-order valence-electron chi connectivity index (χ0n) is 10.8. The maximum absolute atomic E-state index is 13.3. The van der Waals surface area contributed by atoms with Gasteiger partial charge in [0.1, 0.15) is 5.69 Å². The molecule has 2 aromatic carbocycles. The zero-order valence-corrected chi connectivity index (χ0v) is 10.8. The lowest BCUT2D eigenvalue weighted by molar-refractivity contribution is -0.142. The van der Waals surface area contributed by atoms with E-state index in [1.165, 1.54) is 10.6 Å². The smallest absolute Gasteiger partial charge is 0.305 e. The van der Waals surface area contributed by atoms with E-state index in [1.807, 2.05) is 19.1 Å². The number of alkyl halides is 3. The molecule has 3 aromatic rings. The van der Waals surface area contributed by atoms with Crippen molar-refractivity contribution in [2.75, 3.05) is 0 Å². The van der Waals surface area contributed by atoms with Crippen LogP contribution in [0.4, 0.5) is 13.2 Å². The summed E-state index contributed by atoms with van der Waals surface area (Å²) in [7, 11) is 0. The highest BCUT2D eigenvalue weighted by atomic mass is 19.4. The van der Waals surface area contributed by atoms with Crippen LogP contribution in [-0.4, -0.2) is 4.57 Å². The first-order valence-electron chi connectivity index (χ1n) is 6.22. The van der Waals surface area contributed by atoms with E-state index in [2.05, 4.69) is 0 Å². The Balaban J connectivity index is 2.41. The first-order valence-corrected chi connectivity index (χ1v) is 6.22. The van der Waals surface area contributed by atoms with E-state index in [0.29, 0.717) is 16.6 Å². The van der Waals surface area contributed by atoms with Crippen molar-refractivity contribution in [1.29, 1.82) is 0 Å². The van der Waals surface area contributed by atoms with Crippen LogP contribution >= 0.6 is 0 Å². The minimum absolute atomic E-state index is 0.557. The number of benzene rings is 2. The lowest BCUT2D eigenvalue weighted by Gasteiger charge is -2.15. The third-order valence-corrected chi connectivity index (χ3v) is 3.36. The second kappa shape index (κ2) is 4.40. The number of hydrogen-bond donors (Lipinski definition) is 0. The molecule has 20 heavy (non-hydrogen) atoms. The van der Waals surface area contributed by atoms with Crippen LogP contribution < -0.4 is 0 Å². The molecule has 102 valence electrons. The van der Waals surface area contributed by atoms with Gasteiger partial charge in [0.25, 0.3) is 0 Å². The Kier molecular flexibility index (Phi) is 2.82. The number of hydrogen-bond acceptors (Lipinski definition) is 0. The molecular weight excluding hydrogens is 263 g/mol. The molecule has 0 amide bonds. The number of rotatable bonds is 1. The average molecular weight is 275 g/mol. The van der Waals surface area contributed by atoms with Gasteiger partial charge in [-0.15, -0.1) is 0 Å². The minimum Gasteiger partial charge on any atom is -0.305 e. The molecule has 0 aliphatic rings. The van der Waals surface area contributed by atoms with E-state index in [0.717, 1.165) is 5.56 Å². The van der Waals surface area contributed by atoms with Crippen molar-refractivity contribution in [3.63, 3.8) is 0 Å². The van der Waals surface area contributed by atoms with Gasteiger partial charge < -0.3 is 4.57 Å². The van der Waals surface area contributed by atoms with E-state index in [-0.39, 0.29) is 0 Å². The molecule has 1 nitrogen and oxygen atoms in total. The Morgan fingerprint density at radius 1 is 0.900 bits per heavy atom. The van der Waals surface area contributed by atoms with Gasteiger partial charge in [-0.25, -0.2) is 0 Å². The summed E-state index contributed by atoms with van der Waals surface area (Å²) in [5.74, 6) is 0. The number of fused-ring (bicyclic) bond motifs is 1. The van der Waals surface area contributed by atoms with Crippen LogP contribution in [0.15, 0.2) is 54.6 Å². The number of para-hydroxylation sites is 2. The van der Waals surface area contributed by atoms with Crippen LogP contribution in [0.2, 0.25) is 0 Å². The first-order chi connectivity index (χ1) is 9.48. The molecule has 0 saturated heterocycles. The molecule has 0 aliphatic heterocycles. The largest absolute Gasteiger partial charge is 0.431 e. The quantitative estimate of drug-likeness (QED) is 0.591. The van der Waals surface area contributed by atoms with E-state index >= 15 is 0 Å². The summed E-state index contributed by atoms with van der Waals surface area (Å²) in [4.78, 5) is 0. The number of aryl methyl sites for hydroxylation is 1. The predicted molar refractivity (Wildman–Crippen MR) is 73.0 cm³/mol. The maximum Gasteiger partial charge on any atom is 0.431 e. The van der Waals surface area contributed by atoms with Crippen molar-refractivity contribution in [3.05, 3.63) is 65.9 Å². The summed E-state index contributed by atoms with van der Waals surface area (Å²) in [6, 6.07) is 15.2. The Hall–Kier alpha value is -2.23. The van der Waals surface area contributed by atoms with Crippen LogP contribution in [-0.2, 0) is 6.18 Å². The highest BCUT2D eigenvalue weighted by molar-refractivity contribution is 5.83. The van der Waals surface area contributed by atoms with Crippen LogP contribution in [0.25, 0.3) is 16.6 Å². The van der Waals surface area contributed by atoms with Crippen molar-refractivity contribution in [1.82, 2.24) is 4.57 Å². The Morgan fingerprint density at radius 3 is 2.25 bits per heavy atom. The van der Waals surface area contributed by atoms with Gasteiger partial charge in [0.2, 0.25) is 0 Å². The lowest BCUT2D eigenvalue weighted by atomic mass is 10.2. The van der Waals surface area contributed by atoms with Crippen molar-refractivity contribution in [2.24, 2.45) is 0 Å². The Labute approximate surface area is 114 Å². The SMILES string of the molecule is Cc1ccccc1-n1c(C(F)(F)F)cc2ccccc21. The molecule has 1 aromatic heterocycles. The second-order valence-corrected chi connectivity index (χ2v) is 4.71. The number of nitrogens with zero attached hydrogens (tertiary/aromatic N) is 1. The molecule has 0 radical (unpaired) electrons. The van der Waals surface area contributed by atoms with Gasteiger partial charge >= 0.3 is 6.18 Å². The predicted octanol–water partition coefficient (Wildman–Crippen LogP) is 4.96. The Morgan fingerprint density at radius 2 is 1.55 bits per heavy atom. The normalized spacial score (nSPS) is 12.0. The fourth-order valence-electron chi connectivity index (χ4n) is 2.44. The summed E-state index contributed by atoms with van der Waals surface area (Å²) < 4.78 is 41.1. The molecular formula is C16H12F3N. The molecule has 0 saturated carbocycles. The monoisotopic (exact) mass is 275 g/mol. The fourth-order valence-corrected chi connectivity index (χ4v) is 2.44. The topological polar surface area (TPSA) is 4.93 Å². The van der Waals surface area contributed by atoms with E-state index in [4.69, 9.17) is 0 Å². The van der Waals surface area contributed by atoms with Gasteiger partial charge in [-0.05, 0) is 30.7 Å². The van der Waals surface area contributed by atoms with Crippen LogP contribution in [0.1, 0.15) is 11.3 Å². The summed E-state index contributed by atoms with van der Waals surface area (Å²) in [6.45, 7) is 1.81. The van der Waals surface area contributed by atoms with E-state index < -0.39 is 11.9 Å². The maximum atomic E-state index is 13.3. The summed E-state index contributed by atoms with van der Waals surface area (Å²) in [5.41, 5.74) is 1.28. The van der Waals surface area contributed by atoms with Crippen LogP contribution in [0.5, 0.6) is 0 Å². The molecule has 0 aliphatic carbocycles. The van der Waals surface area contributed by atoms with Gasteiger partial charge in [0.05, 0.1) is 5.52 Å². The molecule has 0 fully saturated rings. The summed E-state index contributed by atoms with van der Waals surface area (Å²) >= 11 is 0. The molecule has 1 heterocycles. The van der Waals surface area contributed by atoms with Gasteiger partial charge in [-0.1, -0.05) is 36.4 Å². The summed E-state index contributed by atoms with van der Waals surface area (Å²) in [5, 5.41) is 0.586. The van der Waals surface area contributed by atoms with Gasteiger partial charge in [0.15, 0.2) is 0 Å². The molecule has 0 N–H and O–H groups in total. The van der Waals surface area contributed by atoms with Crippen LogP contribution in [0.3, 0.4) is 0 Å². The molecule has 0 atom stereocenters. The number of halogens is 3. The Bertz CT molecular complexity index is 769. The van der Waals surface area contributed by atoms with E-state index in [1.54, 1.807) is 36.4 Å². The molecule has 0 bridgehead atoms. The van der Waals surface area contributed by atoms with Crippen molar-refractivity contribution < 1.29 is 13.2 Å². The lowest BCUT2D eigenvalue weighted by Crippen LogP contribution is -2.12. The minimum atomic E-state index is -4.39. The van der Waals surface area contributed by atoms with Gasteiger partial charge in [-0.2, -0.15) is 13.2 Å². The number of aromatic nitrogens is 1. The molecule has 3 rings (SSSR count). The third-order valence-electron chi connectivity index (χ3n) is 3.36. The van der Waals surface area contributed by atoms with E-state index in [9.17, 15) is 13.2 Å². The fraction of sp³-hybridized carbons (Fsp3) is 0.125. The highest BCUT2D eigenvalue weighted by Gasteiger charge is 2.35. The van der Waals surface area contributed by atoms with Crippen LogP contribution in [0, 0.1) is 6.92 Å². The van der Waals surface area contributed by atoms with Crippen molar-refractivity contribution in [3.8, 4) is 5.69 Å². The third kappa shape index (κ3) is 1.97. The van der Waals surface area contributed by atoms with Crippen molar-refractivity contribution in [2.45, 2.75) is 13.1 Å². The zero-order chi connectivity index (χ0) is 14.3. The molecule has 0 spiro atoms. The van der Waals surface area contributed by atoms with Crippen molar-refractivity contribution >= 4 is 10.9 Å². The van der Waals surface area contributed by atoms with Gasteiger partial charge in [-0.3, -0.25) is 0 Å². The highest BCUT2D eigenvalue weighted by Crippen LogP contribution is 2.36. The first kappa shape index (κ1) is 12.8. The molecule has 0 unspecified atom stereocenters.